The number of hydrazone groups is 1. The molecule has 1 amide bonds. The molecule has 0 radical (unpaired) electrons. The molecule has 0 saturated carbocycles. The highest BCUT2D eigenvalue weighted by molar-refractivity contribution is 7.92. The van der Waals surface area contributed by atoms with Crippen molar-refractivity contribution in [2.24, 2.45) is 5.10 Å². The van der Waals surface area contributed by atoms with Gasteiger partial charge in [-0.2, -0.15) is 5.10 Å². The number of non-ortho nitro benzene ring substituents is 1. The topological polar surface area (TPSA) is 159 Å². The molecule has 0 aliphatic carbocycles. The lowest BCUT2D eigenvalue weighted by Crippen LogP contribution is -2.39. The zero-order valence-corrected chi connectivity index (χ0v) is 22.3. The van der Waals surface area contributed by atoms with E-state index in [1.165, 1.54) is 89.3 Å². The average molecular weight is 559 g/mol. The molecular weight excluding hydrogens is 532 g/mol. The summed E-state index contributed by atoms with van der Waals surface area (Å²) in [5.41, 5.74) is 2.69. The fourth-order valence-corrected chi connectivity index (χ4v) is 4.86. The monoisotopic (exact) mass is 558 g/mol. The molecule has 39 heavy (non-hydrogen) atoms. The molecular formula is C25H26N4O9S. The highest BCUT2D eigenvalue weighted by atomic mass is 32.2. The van der Waals surface area contributed by atoms with Crippen molar-refractivity contribution in [1.29, 1.82) is 0 Å². The predicted molar refractivity (Wildman–Crippen MR) is 142 cm³/mol. The Bertz CT molecular complexity index is 1480. The second-order valence-electron chi connectivity index (χ2n) is 7.71. The van der Waals surface area contributed by atoms with Crippen molar-refractivity contribution in [2.45, 2.75) is 4.90 Å². The van der Waals surface area contributed by atoms with Gasteiger partial charge in [0, 0.05) is 24.3 Å². The van der Waals surface area contributed by atoms with E-state index in [-0.39, 0.29) is 27.8 Å². The van der Waals surface area contributed by atoms with E-state index in [9.17, 15) is 23.3 Å². The number of hydrogen-bond donors (Lipinski definition) is 1. The van der Waals surface area contributed by atoms with Gasteiger partial charge < -0.3 is 18.9 Å². The maximum atomic E-state index is 13.8. The Hall–Kier alpha value is -4.85. The molecule has 0 bridgehead atoms. The van der Waals surface area contributed by atoms with E-state index in [1.54, 1.807) is 6.07 Å². The van der Waals surface area contributed by atoms with E-state index in [1.807, 2.05) is 0 Å². The highest BCUT2D eigenvalue weighted by Gasteiger charge is 2.31. The smallest absolute Gasteiger partial charge is 0.269 e. The van der Waals surface area contributed by atoms with Gasteiger partial charge in [-0.05, 0) is 42.0 Å². The van der Waals surface area contributed by atoms with E-state index in [0.717, 1.165) is 4.31 Å². The van der Waals surface area contributed by atoms with Crippen LogP contribution >= 0.6 is 0 Å². The highest BCUT2D eigenvalue weighted by Crippen LogP contribution is 2.37. The number of nitrogens with zero attached hydrogens (tertiary/aromatic N) is 3. The Morgan fingerprint density at radius 2 is 1.56 bits per heavy atom. The molecule has 0 spiro atoms. The van der Waals surface area contributed by atoms with Crippen LogP contribution in [-0.2, 0) is 14.8 Å². The first-order chi connectivity index (χ1) is 18.6. The number of ether oxygens (including phenoxy) is 4. The van der Waals surface area contributed by atoms with Gasteiger partial charge in [0.2, 0.25) is 0 Å². The number of nitrogens with one attached hydrogen (secondary N) is 1. The maximum absolute atomic E-state index is 13.8. The number of rotatable bonds is 12. The zero-order chi connectivity index (χ0) is 28.6. The molecule has 0 unspecified atom stereocenters. The molecule has 13 nitrogen and oxygen atoms in total. The van der Waals surface area contributed by atoms with Crippen LogP contribution < -0.4 is 28.7 Å². The van der Waals surface area contributed by atoms with Crippen molar-refractivity contribution in [3.63, 3.8) is 0 Å². The van der Waals surface area contributed by atoms with Crippen molar-refractivity contribution in [2.75, 3.05) is 39.3 Å². The summed E-state index contributed by atoms with van der Waals surface area (Å²) in [5, 5.41) is 14.6. The molecule has 1 N–H and O–H groups in total. The van der Waals surface area contributed by atoms with E-state index < -0.39 is 27.4 Å². The van der Waals surface area contributed by atoms with Gasteiger partial charge >= 0.3 is 0 Å². The van der Waals surface area contributed by atoms with Gasteiger partial charge in [0.05, 0.1) is 50.2 Å². The summed E-state index contributed by atoms with van der Waals surface area (Å²) in [5.74, 6) is 0.215. The summed E-state index contributed by atoms with van der Waals surface area (Å²) in [6.07, 6.45) is 1.26. The van der Waals surface area contributed by atoms with Crippen LogP contribution in [0.4, 0.5) is 11.4 Å². The number of hydrogen-bond acceptors (Lipinski definition) is 10. The van der Waals surface area contributed by atoms with Gasteiger partial charge in [-0.15, -0.1) is 0 Å². The minimum Gasteiger partial charge on any atom is -0.497 e. The van der Waals surface area contributed by atoms with Crippen LogP contribution in [0.25, 0.3) is 0 Å². The number of anilines is 1. The Balaban J connectivity index is 1.96. The number of carbonyl (C=O) groups excluding carboxylic acids is 1. The number of nitro benzene ring substituents is 1. The van der Waals surface area contributed by atoms with Gasteiger partial charge in [0.25, 0.3) is 21.6 Å². The van der Waals surface area contributed by atoms with Crippen molar-refractivity contribution >= 4 is 33.5 Å². The summed E-state index contributed by atoms with van der Waals surface area (Å²) in [4.78, 5) is 23.0. The molecule has 0 heterocycles. The molecule has 0 aliphatic heterocycles. The third-order valence-electron chi connectivity index (χ3n) is 5.39. The number of benzene rings is 3. The molecule has 14 heteroatoms. The van der Waals surface area contributed by atoms with Crippen LogP contribution in [0.5, 0.6) is 23.0 Å². The minimum absolute atomic E-state index is 0.0427. The summed E-state index contributed by atoms with van der Waals surface area (Å²) >= 11 is 0. The van der Waals surface area contributed by atoms with Gasteiger partial charge in [-0.25, -0.2) is 13.8 Å². The standard InChI is InChI=1S/C25H26N4O9S/c1-35-19-9-11-22(36-2)21(13-19)28(39(33,34)20-10-12-23(37-3)24(14-20)38-4)16-25(30)27-26-15-17-5-7-18(8-6-17)29(31)32/h5-15H,16H2,1-4H3,(H,27,30). The molecule has 3 rings (SSSR count). The summed E-state index contributed by atoms with van der Waals surface area (Å²) in [7, 11) is 1.19. The van der Waals surface area contributed by atoms with Crippen LogP contribution in [0.15, 0.2) is 70.7 Å². The first-order valence-electron chi connectivity index (χ1n) is 11.2. The summed E-state index contributed by atoms with van der Waals surface area (Å²) in [6.45, 7) is -0.683. The van der Waals surface area contributed by atoms with Crippen LogP contribution in [0.3, 0.4) is 0 Å². The fourth-order valence-electron chi connectivity index (χ4n) is 3.42. The van der Waals surface area contributed by atoms with E-state index in [4.69, 9.17) is 18.9 Å². The van der Waals surface area contributed by atoms with E-state index in [0.29, 0.717) is 17.1 Å². The first-order valence-corrected chi connectivity index (χ1v) is 12.6. The van der Waals surface area contributed by atoms with Crippen molar-refractivity contribution in [3.05, 3.63) is 76.3 Å². The third-order valence-corrected chi connectivity index (χ3v) is 7.15. The van der Waals surface area contributed by atoms with Crippen LogP contribution in [0.1, 0.15) is 5.56 Å². The number of nitro groups is 1. The molecule has 3 aromatic rings. The summed E-state index contributed by atoms with van der Waals surface area (Å²) in [6, 6.07) is 14.0. The Morgan fingerprint density at radius 3 is 2.15 bits per heavy atom. The molecule has 0 aliphatic rings. The van der Waals surface area contributed by atoms with Gasteiger partial charge in [-0.1, -0.05) is 0 Å². The largest absolute Gasteiger partial charge is 0.497 e. The Labute approximate surface area is 224 Å². The Morgan fingerprint density at radius 1 is 0.923 bits per heavy atom. The molecule has 0 atom stereocenters. The van der Waals surface area contributed by atoms with Crippen molar-refractivity contribution < 1.29 is 37.1 Å². The van der Waals surface area contributed by atoms with Gasteiger partial charge in [-0.3, -0.25) is 19.2 Å². The second kappa shape index (κ2) is 12.6. The van der Waals surface area contributed by atoms with Crippen LogP contribution in [-0.4, -0.2) is 60.4 Å². The van der Waals surface area contributed by atoms with E-state index in [2.05, 4.69) is 10.5 Å². The van der Waals surface area contributed by atoms with Gasteiger partial charge in [0.1, 0.15) is 18.0 Å². The second-order valence-corrected chi connectivity index (χ2v) is 9.57. The average Bonchev–Trinajstić information content (AvgIpc) is 2.95. The SMILES string of the molecule is COc1ccc(OC)c(N(CC(=O)NN=Cc2ccc([N+](=O)[O-])cc2)S(=O)(=O)c2ccc(OC)c(OC)c2)c1. The predicted octanol–water partition coefficient (Wildman–Crippen LogP) is 2.97. The summed E-state index contributed by atoms with van der Waals surface area (Å²) < 4.78 is 49.6. The van der Waals surface area contributed by atoms with Gasteiger partial charge in [0.15, 0.2) is 11.5 Å². The zero-order valence-electron chi connectivity index (χ0n) is 21.5. The minimum atomic E-state index is -4.37. The van der Waals surface area contributed by atoms with E-state index >= 15 is 0 Å². The quantitative estimate of drug-likeness (QED) is 0.200. The molecule has 0 fully saturated rings. The molecule has 0 saturated heterocycles. The van der Waals surface area contributed by atoms with Crippen LogP contribution in [0.2, 0.25) is 0 Å². The first kappa shape index (κ1) is 28.7. The maximum Gasteiger partial charge on any atom is 0.269 e. The lowest BCUT2D eigenvalue weighted by molar-refractivity contribution is -0.384. The lowest BCUT2D eigenvalue weighted by Gasteiger charge is -2.26. The fraction of sp³-hybridized carbons (Fsp3) is 0.200. The Kier molecular flexibility index (Phi) is 9.28. The molecule has 206 valence electrons. The lowest BCUT2D eigenvalue weighted by atomic mass is 10.2. The van der Waals surface area contributed by atoms with Crippen LogP contribution in [0, 0.1) is 10.1 Å². The number of sulfonamides is 1. The molecule has 3 aromatic carbocycles. The van der Waals surface area contributed by atoms with Crippen molar-refractivity contribution in [3.8, 4) is 23.0 Å². The third kappa shape index (κ3) is 6.73. The van der Waals surface area contributed by atoms with Crippen molar-refractivity contribution in [1.82, 2.24) is 5.43 Å². The molecule has 0 aromatic heterocycles. The number of amides is 1. The normalized spacial score (nSPS) is 11.1. The number of carbonyl (C=O) groups is 1. The number of methoxy groups -OCH3 is 4.